The van der Waals surface area contributed by atoms with Crippen LogP contribution in [-0.2, 0) is 9.59 Å². The van der Waals surface area contributed by atoms with Crippen LogP contribution in [0, 0.1) is 5.92 Å². The van der Waals surface area contributed by atoms with Crippen molar-refractivity contribution < 1.29 is 9.59 Å². The molecule has 100 valence electrons. The van der Waals surface area contributed by atoms with Gasteiger partial charge in [-0.05, 0) is 12.8 Å². The van der Waals surface area contributed by atoms with Crippen LogP contribution < -0.4 is 5.32 Å². The van der Waals surface area contributed by atoms with Gasteiger partial charge in [-0.2, -0.15) is 0 Å². The number of halogens is 1. The molecule has 17 heavy (non-hydrogen) atoms. The first-order valence-corrected chi connectivity index (χ1v) is 7.55. The molecule has 0 bridgehead atoms. The monoisotopic (exact) mass is 305 g/mol. The Balaban J connectivity index is 3.19. The van der Waals surface area contributed by atoms with E-state index in [1.807, 2.05) is 13.8 Å². The zero-order chi connectivity index (χ0) is 13.1. The zero-order valence-electron chi connectivity index (χ0n) is 10.9. The summed E-state index contributed by atoms with van der Waals surface area (Å²) in [5, 5.41) is 3.38. The number of hydrogen-bond acceptors (Lipinski definition) is 2. The van der Waals surface area contributed by atoms with Crippen molar-refractivity contribution in [2.24, 2.45) is 5.92 Å². The summed E-state index contributed by atoms with van der Waals surface area (Å²) in [6.45, 7) is 4.57. The quantitative estimate of drug-likeness (QED) is 0.498. The van der Waals surface area contributed by atoms with Gasteiger partial charge < -0.3 is 5.32 Å². The van der Waals surface area contributed by atoms with Gasteiger partial charge in [0.2, 0.25) is 5.91 Å². The number of Topliss-reactive ketones (excluding diaryl/α,β-unsaturated/α-hetero) is 1. The predicted molar refractivity (Wildman–Crippen MR) is 74.4 cm³/mol. The van der Waals surface area contributed by atoms with Crippen molar-refractivity contribution in [2.75, 3.05) is 11.9 Å². The molecule has 0 spiro atoms. The number of carbonyl (C=O) groups excluding carboxylic acids is 2. The summed E-state index contributed by atoms with van der Waals surface area (Å²) in [4.78, 5) is 22.2. The Kier molecular flexibility index (Phi) is 10.5. The van der Waals surface area contributed by atoms with Crippen LogP contribution in [0.4, 0.5) is 0 Å². The van der Waals surface area contributed by atoms with E-state index in [0.717, 1.165) is 38.6 Å². The number of nitrogens with one attached hydrogen (secondary N) is 1. The highest BCUT2D eigenvalue weighted by Crippen LogP contribution is 2.06. The van der Waals surface area contributed by atoms with E-state index < -0.39 is 0 Å². The van der Waals surface area contributed by atoms with Gasteiger partial charge in [0.15, 0.2) is 0 Å². The van der Waals surface area contributed by atoms with Gasteiger partial charge in [-0.15, -0.1) is 0 Å². The second kappa shape index (κ2) is 10.8. The molecular formula is C13H24BrNO2. The van der Waals surface area contributed by atoms with Gasteiger partial charge in [-0.25, -0.2) is 0 Å². The number of carbonyl (C=O) groups is 2. The molecule has 4 heteroatoms. The highest BCUT2D eigenvalue weighted by Gasteiger charge is 2.04. The minimum atomic E-state index is 0.0743. The van der Waals surface area contributed by atoms with E-state index in [9.17, 15) is 9.59 Å². The Hall–Kier alpha value is -0.380. The molecule has 0 aliphatic heterocycles. The first-order chi connectivity index (χ1) is 8.07. The lowest BCUT2D eigenvalue weighted by molar-refractivity contribution is -0.124. The fourth-order valence-corrected chi connectivity index (χ4v) is 1.74. The van der Waals surface area contributed by atoms with Gasteiger partial charge in [0, 0.05) is 18.9 Å². The third kappa shape index (κ3) is 10.5. The molecule has 0 saturated carbocycles. The van der Waals surface area contributed by atoms with Gasteiger partial charge in [-0.1, -0.05) is 49.0 Å². The Morgan fingerprint density at radius 3 is 2.24 bits per heavy atom. The number of rotatable bonds is 10. The molecule has 0 radical (unpaired) electrons. The fourth-order valence-electron chi connectivity index (χ4n) is 1.46. The molecule has 1 N–H and O–H groups in total. The lowest BCUT2D eigenvalue weighted by atomic mass is 10.1. The smallest absolute Gasteiger partial charge is 0.222 e. The minimum Gasteiger partial charge on any atom is -0.356 e. The van der Waals surface area contributed by atoms with Crippen molar-refractivity contribution in [3.05, 3.63) is 0 Å². The standard InChI is InChI=1S/C13H24BrNO2/c1-11(2)13(17)15-9-7-5-3-4-6-8-12(16)10-14/h11H,3-10H2,1-2H3,(H,15,17). The number of amides is 1. The minimum absolute atomic E-state index is 0.0743. The normalized spacial score (nSPS) is 10.6. The topological polar surface area (TPSA) is 46.2 Å². The second-order valence-electron chi connectivity index (χ2n) is 4.64. The van der Waals surface area contributed by atoms with Crippen molar-refractivity contribution in [3.63, 3.8) is 0 Å². The molecule has 0 saturated heterocycles. The molecule has 0 rings (SSSR count). The summed E-state index contributed by atoms with van der Waals surface area (Å²) in [6.07, 6.45) is 6.09. The van der Waals surface area contributed by atoms with Crippen molar-refractivity contribution in [3.8, 4) is 0 Å². The Morgan fingerprint density at radius 1 is 1.06 bits per heavy atom. The number of ketones is 1. The number of hydrogen-bond donors (Lipinski definition) is 1. The largest absolute Gasteiger partial charge is 0.356 e. The molecule has 0 aliphatic rings. The highest BCUT2D eigenvalue weighted by atomic mass is 79.9. The molecule has 0 heterocycles. The van der Waals surface area contributed by atoms with Crippen LogP contribution >= 0.6 is 15.9 Å². The van der Waals surface area contributed by atoms with Crippen LogP contribution in [0.3, 0.4) is 0 Å². The third-order valence-electron chi connectivity index (χ3n) is 2.61. The maximum Gasteiger partial charge on any atom is 0.222 e. The molecular weight excluding hydrogens is 282 g/mol. The fraction of sp³-hybridized carbons (Fsp3) is 0.846. The molecule has 0 aliphatic carbocycles. The number of alkyl halides is 1. The van der Waals surface area contributed by atoms with E-state index in [1.54, 1.807) is 0 Å². The summed E-state index contributed by atoms with van der Waals surface area (Å²) >= 11 is 3.15. The Bertz CT molecular complexity index is 229. The average molecular weight is 306 g/mol. The van der Waals surface area contributed by atoms with Gasteiger partial charge in [-0.3, -0.25) is 9.59 Å². The molecule has 1 amide bonds. The van der Waals surface area contributed by atoms with Crippen LogP contribution in [0.15, 0.2) is 0 Å². The molecule has 0 atom stereocenters. The van der Waals surface area contributed by atoms with Crippen LogP contribution in [0.2, 0.25) is 0 Å². The van der Waals surface area contributed by atoms with Gasteiger partial charge in [0.25, 0.3) is 0 Å². The molecule has 3 nitrogen and oxygen atoms in total. The lowest BCUT2D eigenvalue weighted by Gasteiger charge is -2.07. The maximum absolute atomic E-state index is 11.2. The van der Waals surface area contributed by atoms with Crippen LogP contribution in [0.5, 0.6) is 0 Å². The third-order valence-corrected chi connectivity index (χ3v) is 3.23. The van der Waals surface area contributed by atoms with Crippen molar-refractivity contribution in [2.45, 2.75) is 52.4 Å². The van der Waals surface area contributed by atoms with E-state index in [1.165, 1.54) is 0 Å². The zero-order valence-corrected chi connectivity index (χ0v) is 12.5. The molecule has 0 aromatic heterocycles. The van der Waals surface area contributed by atoms with Gasteiger partial charge in [0.05, 0.1) is 5.33 Å². The van der Waals surface area contributed by atoms with E-state index >= 15 is 0 Å². The Morgan fingerprint density at radius 2 is 1.65 bits per heavy atom. The van der Waals surface area contributed by atoms with Crippen molar-refractivity contribution in [1.82, 2.24) is 5.32 Å². The molecule has 0 fully saturated rings. The molecule has 0 unspecified atom stereocenters. The Labute approximate surface area is 113 Å². The maximum atomic E-state index is 11.2. The summed E-state index contributed by atoms with van der Waals surface area (Å²) < 4.78 is 0. The summed E-state index contributed by atoms with van der Waals surface area (Å²) in [5.74, 6) is 0.493. The van der Waals surface area contributed by atoms with Crippen molar-refractivity contribution >= 4 is 27.6 Å². The van der Waals surface area contributed by atoms with Gasteiger partial charge in [0.1, 0.15) is 5.78 Å². The lowest BCUT2D eigenvalue weighted by Crippen LogP contribution is -2.28. The molecule has 0 aromatic carbocycles. The van der Waals surface area contributed by atoms with E-state index in [2.05, 4.69) is 21.2 Å². The summed E-state index contributed by atoms with van der Waals surface area (Å²) in [5.41, 5.74) is 0. The first-order valence-electron chi connectivity index (χ1n) is 6.43. The predicted octanol–water partition coefficient (Wildman–Crippen LogP) is 3.06. The van der Waals surface area contributed by atoms with Gasteiger partial charge >= 0.3 is 0 Å². The second-order valence-corrected chi connectivity index (χ2v) is 5.20. The van der Waals surface area contributed by atoms with Crippen LogP contribution in [-0.4, -0.2) is 23.6 Å². The SMILES string of the molecule is CC(C)C(=O)NCCCCCCCC(=O)CBr. The first kappa shape index (κ1) is 16.6. The average Bonchev–Trinajstić information content (AvgIpc) is 2.31. The molecule has 0 aromatic rings. The van der Waals surface area contributed by atoms with E-state index in [4.69, 9.17) is 0 Å². The van der Waals surface area contributed by atoms with Crippen LogP contribution in [0.25, 0.3) is 0 Å². The van der Waals surface area contributed by atoms with E-state index in [-0.39, 0.29) is 17.6 Å². The highest BCUT2D eigenvalue weighted by molar-refractivity contribution is 9.09. The summed E-state index contributed by atoms with van der Waals surface area (Å²) in [6, 6.07) is 0. The van der Waals surface area contributed by atoms with E-state index in [0.29, 0.717) is 11.8 Å². The van der Waals surface area contributed by atoms with Crippen molar-refractivity contribution in [1.29, 1.82) is 0 Å². The summed E-state index contributed by atoms with van der Waals surface area (Å²) in [7, 11) is 0. The van der Waals surface area contributed by atoms with Crippen LogP contribution in [0.1, 0.15) is 52.4 Å². The number of unbranched alkanes of at least 4 members (excludes halogenated alkanes) is 4.